The first-order valence-electron chi connectivity index (χ1n) is 10.9. The molecule has 30 heavy (non-hydrogen) atoms. The minimum absolute atomic E-state index is 0.153. The maximum Gasteiger partial charge on any atom is 0.218 e. The average molecular weight is 434 g/mol. The minimum atomic E-state index is -1.16. The molecule has 2 N–H and O–H groups in total. The van der Waals surface area contributed by atoms with Gasteiger partial charge in [-0.15, -0.1) is 11.3 Å². The number of nitrogens with zero attached hydrogens (tertiary/aromatic N) is 2. The first kappa shape index (κ1) is 20.2. The molecule has 8 heteroatoms. The summed E-state index contributed by atoms with van der Waals surface area (Å²) in [5, 5.41) is 1.08. The number of amides is 1. The Labute approximate surface area is 179 Å². The van der Waals surface area contributed by atoms with Crippen LogP contribution in [0.1, 0.15) is 54.9 Å². The zero-order valence-electron chi connectivity index (χ0n) is 17.0. The second-order valence-electron chi connectivity index (χ2n) is 8.66. The largest absolute Gasteiger partial charge is 0.490 e. The van der Waals surface area contributed by atoms with E-state index in [1.54, 1.807) is 11.3 Å². The van der Waals surface area contributed by atoms with Gasteiger partial charge in [-0.3, -0.25) is 9.69 Å². The van der Waals surface area contributed by atoms with Crippen molar-refractivity contribution in [2.45, 2.75) is 69.4 Å². The number of halogens is 1. The molecule has 0 unspecified atom stereocenters. The summed E-state index contributed by atoms with van der Waals surface area (Å²) in [6.07, 6.45) is 7.07. The van der Waals surface area contributed by atoms with Crippen LogP contribution >= 0.6 is 11.3 Å². The van der Waals surface area contributed by atoms with Crippen molar-refractivity contribution in [3.05, 3.63) is 22.7 Å². The summed E-state index contributed by atoms with van der Waals surface area (Å²) in [6.45, 7) is 1.66. The molecule has 0 aromatic carbocycles. The number of carbonyl (C=O) groups excluding carboxylic acids is 1. The SMILES string of the molecule is NC(=O)C[C@H]1CCc2sc3nccc(O[C@H]4CC[C@H](N5CCO[C@@H](F)C5)CC4)c3c21. The molecule has 3 heterocycles. The molecule has 6 nitrogen and oxygen atoms in total. The number of nitrogens with two attached hydrogens (primary N) is 1. The van der Waals surface area contributed by atoms with Gasteiger partial charge in [0.15, 0.2) is 0 Å². The average Bonchev–Trinajstić information content (AvgIpc) is 3.28. The van der Waals surface area contributed by atoms with E-state index in [1.165, 1.54) is 10.4 Å². The number of rotatable bonds is 5. The highest BCUT2D eigenvalue weighted by molar-refractivity contribution is 7.19. The van der Waals surface area contributed by atoms with Crippen molar-refractivity contribution < 1.29 is 18.7 Å². The number of thiophene rings is 1. The van der Waals surface area contributed by atoms with E-state index in [0.717, 1.165) is 61.0 Å². The molecule has 5 rings (SSSR count). The number of alkyl halides is 1. The zero-order chi connectivity index (χ0) is 20.7. The van der Waals surface area contributed by atoms with Gasteiger partial charge < -0.3 is 15.2 Å². The third kappa shape index (κ3) is 3.92. The third-order valence-electron chi connectivity index (χ3n) is 6.75. The van der Waals surface area contributed by atoms with Gasteiger partial charge in [0.2, 0.25) is 12.3 Å². The summed E-state index contributed by atoms with van der Waals surface area (Å²) in [7, 11) is 0. The molecule has 162 valence electrons. The lowest BCUT2D eigenvalue weighted by molar-refractivity contribution is -0.118. The molecule has 2 atom stereocenters. The predicted octanol–water partition coefficient (Wildman–Crippen LogP) is 3.52. The fraction of sp³-hybridized carbons (Fsp3) is 0.636. The summed E-state index contributed by atoms with van der Waals surface area (Å²) in [5.74, 6) is 0.798. The van der Waals surface area contributed by atoms with Crippen LogP contribution in [-0.2, 0) is 16.0 Å². The van der Waals surface area contributed by atoms with Gasteiger partial charge in [0.05, 0.1) is 24.6 Å². The summed E-state index contributed by atoms with van der Waals surface area (Å²) in [5.41, 5.74) is 6.72. The van der Waals surface area contributed by atoms with Gasteiger partial charge in [-0.25, -0.2) is 9.37 Å². The lowest BCUT2D eigenvalue weighted by atomic mass is 9.91. The Morgan fingerprint density at radius 1 is 1.33 bits per heavy atom. The molecule has 0 radical (unpaired) electrons. The Morgan fingerprint density at radius 2 is 2.17 bits per heavy atom. The van der Waals surface area contributed by atoms with E-state index in [9.17, 15) is 9.18 Å². The first-order valence-corrected chi connectivity index (χ1v) is 11.7. The van der Waals surface area contributed by atoms with Gasteiger partial charge in [0, 0.05) is 30.1 Å². The van der Waals surface area contributed by atoms with Crippen LogP contribution in [0.3, 0.4) is 0 Å². The third-order valence-corrected chi connectivity index (χ3v) is 7.93. The number of primary amides is 1. The van der Waals surface area contributed by atoms with E-state index in [1.807, 2.05) is 12.3 Å². The van der Waals surface area contributed by atoms with Crippen LogP contribution in [0.25, 0.3) is 10.2 Å². The van der Waals surface area contributed by atoms with Gasteiger partial charge in [0.25, 0.3) is 0 Å². The molecular weight excluding hydrogens is 405 g/mol. The number of hydrogen-bond acceptors (Lipinski definition) is 6. The maximum absolute atomic E-state index is 13.6. The molecule has 0 spiro atoms. The van der Waals surface area contributed by atoms with Crippen LogP contribution < -0.4 is 10.5 Å². The van der Waals surface area contributed by atoms with Gasteiger partial charge in [-0.1, -0.05) is 0 Å². The Bertz CT molecular complexity index is 928. The molecule has 1 amide bonds. The predicted molar refractivity (Wildman–Crippen MR) is 114 cm³/mol. The summed E-state index contributed by atoms with van der Waals surface area (Å²) >= 11 is 1.72. The van der Waals surface area contributed by atoms with E-state index in [-0.39, 0.29) is 17.9 Å². The number of ether oxygens (including phenoxy) is 2. The van der Waals surface area contributed by atoms with Crippen LogP contribution in [0, 0.1) is 0 Å². The first-order chi connectivity index (χ1) is 14.6. The minimum Gasteiger partial charge on any atom is -0.490 e. The second-order valence-corrected chi connectivity index (χ2v) is 9.74. The molecule has 2 aliphatic carbocycles. The number of carbonyl (C=O) groups is 1. The van der Waals surface area contributed by atoms with Crippen molar-refractivity contribution in [2.24, 2.45) is 5.73 Å². The topological polar surface area (TPSA) is 77.7 Å². The van der Waals surface area contributed by atoms with Crippen molar-refractivity contribution in [1.82, 2.24) is 9.88 Å². The highest BCUT2D eigenvalue weighted by atomic mass is 32.1. The summed E-state index contributed by atoms with van der Waals surface area (Å²) in [6, 6.07) is 2.37. The van der Waals surface area contributed by atoms with E-state index in [2.05, 4.69) is 9.88 Å². The number of hydrogen-bond donors (Lipinski definition) is 1. The number of aryl methyl sites for hydroxylation is 1. The van der Waals surface area contributed by atoms with Crippen LogP contribution in [0.5, 0.6) is 5.75 Å². The molecule has 2 aromatic heterocycles. The van der Waals surface area contributed by atoms with Gasteiger partial charge in [-0.05, 0) is 56.1 Å². The molecule has 2 fully saturated rings. The Morgan fingerprint density at radius 3 is 2.93 bits per heavy atom. The fourth-order valence-corrected chi connectivity index (χ4v) is 6.60. The van der Waals surface area contributed by atoms with Crippen LogP contribution in [0.15, 0.2) is 12.3 Å². The number of fused-ring (bicyclic) bond motifs is 3. The Kier molecular flexibility index (Phi) is 5.64. The molecular formula is C22H28FN3O3S. The molecule has 3 aliphatic rings. The maximum atomic E-state index is 13.6. The number of morpholine rings is 1. The summed E-state index contributed by atoms with van der Waals surface area (Å²) in [4.78, 5) is 20.6. The normalized spacial score (nSPS) is 29.8. The highest BCUT2D eigenvalue weighted by Crippen LogP contribution is 2.48. The number of aromatic nitrogens is 1. The highest BCUT2D eigenvalue weighted by Gasteiger charge is 2.33. The molecule has 1 aliphatic heterocycles. The van der Waals surface area contributed by atoms with Crippen molar-refractivity contribution >= 4 is 27.5 Å². The van der Waals surface area contributed by atoms with Crippen molar-refractivity contribution in [3.8, 4) is 5.75 Å². The van der Waals surface area contributed by atoms with E-state index < -0.39 is 6.36 Å². The lowest BCUT2D eigenvalue weighted by Crippen LogP contribution is -2.48. The standard InChI is InChI=1S/C22H28FN3O3S/c23-18-12-26(9-10-28-18)14-2-4-15(5-3-14)29-16-7-8-25-22-21(16)20-13(11-19(24)27)1-6-17(20)30-22/h7-8,13-15,18H,1-6,9-12H2,(H2,24,27)/t13-,14-,15-,18-/m1/s1. The Balaban J connectivity index is 1.30. The molecule has 2 aromatic rings. The van der Waals surface area contributed by atoms with Crippen molar-refractivity contribution in [1.29, 1.82) is 0 Å². The van der Waals surface area contributed by atoms with Gasteiger partial charge in [0.1, 0.15) is 10.6 Å². The number of pyridine rings is 1. The van der Waals surface area contributed by atoms with Crippen LogP contribution in [0.4, 0.5) is 4.39 Å². The van der Waals surface area contributed by atoms with Gasteiger partial charge in [-0.2, -0.15) is 0 Å². The van der Waals surface area contributed by atoms with Crippen LogP contribution in [-0.4, -0.2) is 54.0 Å². The molecule has 0 bridgehead atoms. The van der Waals surface area contributed by atoms with Gasteiger partial charge >= 0.3 is 0 Å². The summed E-state index contributed by atoms with van der Waals surface area (Å²) < 4.78 is 25.1. The molecule has 1 saturated carbocycles. The fourth-order valence-electron chi connectivity index (χ4n) is 5.34. The smallest absolute Gasteiger partial charge is 0.218 e. The van der Waals surface area contributed by atoms with E-state index >= 15 is 0 Å². The second kappa shape index (κ2) is 8.40. The quantitative estimate of drug-likeness (QED) is 0.781. The van der Waals surface area contributed by atoms with Crippen molar-refractivity contribution in [2.75, 3.05) is 19.7 Å². The Hall–Kier alpha value is -1.77. The zero-order valence-corrected chi connectivity index (χ0v) is 17.8. The van der Waals surface area contributed by atoms with E-state index in [0.29, 0.717) is 25.6 Å². The van der Waals surface area contributed by atoms with E-state index in [4.69, 9.17) is 15.2 Å². The van der Waals surface area contributed by atoms with Crippen LogP contribution in [0.2, 0.25) is 0 Å². The molecule has 1 saturated heterocycles. The lowest BCUT2D eigenvalue weighted by Gasteiger charge is -2.39. The van der Waals surface area contributed by atoms with Crippen molar-refractivity contribution in [3.63, 3.8) is 0 Å². The monoisotopic (exact) mass is 433 g/mol.